The number of hydrogen-bond donors (Lipinski definition) is 0. The van der Waals surface area contributed by atoms with Gasteiger partial charge in [-0.3, -0.25) is 0 Å². The summed E-state index contributed by atoms with van der Waals surface area (Å²) in [5.74, 6) is 1.19. The smallest absolute Gasteiger partial charge is 0.0224 e. The Morgan fingerprint density at radius 2 is 2.08 bits per heavy atom. The Balaban J connectivity index is 3.30. The molecule has 0 aromatic heterocycles. The molecular formula is C11H20S. The molecule has 1 heteroatoms. The van der Waals surface area contributed by atoms with Crippen LogP contribution in [0.4, 0.5) is 0 Å². The average molecular weight is 184 g/mol. The topological polar surface area (TPSA) is 0 Å². The minimum atomic E-state index is 0.666. The second kappa shape index (κ2) is 8.92. The highest BCUT2D eigenvalue weighted by Crippen LogP contribution is 2.18. The molecule has 0 heterocycles. The van der Waals surface area contributed by atoms with E-state index in [9.17, 15) is 0 Å². The van der Waals surface area contributed by atoms with Gasteiger partial charge in [0.15, 0.2) is 0 Å². The fraction of sp³-hybridized carbons (Fsp3) is 0.636. The van der Waals surface area contributed by atoms with E-state index in [1.807, 2.05) is 17.8 Å². The number of rotatable bonds is 8. The molecule has 0 amide bonds. The summed E-state index contributed by atoms with van der Waals surface area (Å²) in [6.45, 7) is 9.75. The number of unbranched alkanes of at least 4 members (excludes halogenated alkanes) is 2. The summed E-state index contributed by atoms with van der Waals surface area (Å²) in [6.07, 6.45) is 9.07. The van der Waals surface area contributed by atoms with Crippen LogP contribution in [0, 0.1) is 0 Å². The maximum Gasteiger partial charge on any atom is 0.0224 e. The molecule has 70 valence electrons. The summed E-state index contributed by atoms with van der Waals surface area (Å²) in [4.78, 5) is 0. The van der Waals surface area contributed by atoms with Gasteiger partial charge in [-0.1, -0.05) is 25.5 Å². The van der Waals surface area contributed by atoms with Crippen molar-refractivity contribution in [3.63, 3.8) is 0 Å². The van der Waals surface area contributed by atoms with E-state index < -0.39 is 0 Å². The van der Waals surface area contributed by atoms with Crippen molar-refractivity contribution in [1.82, 2.24) is 0 Å². The van der Waals surface area contributed by atoms with Gasteiger partial charge in [-0.2, -0.15) is 11.8 Å². The molecule has 0 aliphatic heterocycles. The number of hydrogen-bond acceptors (Lipinski definition) is 1. The summed E-state index contributed by atoms with van der Waals surface area (Å²) in [7, 11) is 0. The van der Waals surface area contributed by atoms with Gasteiger partial charge >= 0.3 is 0 Å². The molecule has 12 heavy (non-hydrogen) atoms. The molecule has 0 saturated carbocycles. The van der Waals surface area contributed by atoms with Crippen LogP contribution >= 0.6 is 11.8 Å². The fourth-order valence-corrected chi connectivity index (χ4v) is 2.02. The summed E-state index contributed by atoms with van der Waals surface area (Å²) < 4.78 is 0. The standard InChI is InChI=1S/C11H20S/c1-4-7-8-9-10-11(5-2)12-6-3/h4-5,11H,1-2,6-10H2,3H3. The normalized spacial score (nSPS) is 12.4. The summed E-state index contributed by atoms with van der Waals surface area (Å²) in [6, 6.07) is 0. The highest BCUT2D eigenvalue weighted by molar-refractivity contribution is 8.00. The van der Waals surface area contributed by atoms with Gasteiger partial charge in [0, 0.05) is 5.25 Å². The third-order valence-corrected chi connectivity index (χ3v) is 2.98. The maximum atomic E-state index is 3.84. The van der Waals surface area contributed by atoms with Crippen LogP contribution in [0.15, 0.2) is 25.3 Å². The molecule has 0 N–H and O–H groups in total. The van der Waals surface area contributed by atoms with Crippen molar-refractivity contribution in [3.05, 3.63) is 25.3 Å². The van der Waals surface area contributed by atoms with E-state index >= 15 is 0 Å². The first-order valence-electron chi connectivity index (χ1n) is 4.70. The van der Waals surface area contributed by atoms with Crippen LogP contribution in [0.3, 0.4) is 0 Å². The largest absolute Gasteiger partial charge is 0.155 e. The van der Waals surface area contributed by atoms with E-state index in [2.05, 4.69) is 26.2 Å². The van der Waals surface area contributed by atoms with E-state index in [0.29, 0.717) is 5.25 Å². The van der Waals surface area contributed by atoms with Crippen LogP contribution in [0.2, 0.25) is 0 Å². The van der Waals surface area contributed by atoms with Gasteiger partial charge in [-0.05, 0) is 25.0 Å². The second-order valence-corrected chi connectivity index (χ2v) is 4.32. The quantitative estimate of drug-likeness (QED) is 0.405. The van der Waals surface area contributed by atoms with Crippen LogP contribution in [0.25, 0.3) is 0 Å². The molecular weight excluding hydrogens is 164 g/mol. The molecule has 0 aliphatic rings. The lowest BCUT2D eigenvalue weighted by Gasteiger charge is -2.09. The van der Waals surface area contributed by atoms with Gasteiger partial charge < -0.3 is 0 Å². The zero-order valence-electron chi connectivity index (χ0n) is 8.09. The van der Waals surface area contributed by atoms with E-state index in [0.717, 1.165) is 6.42 Å². The van der Waals surface area contributed by atoms with Crippen molar-refractivity contribution >= 4 is 11.8 Å². The summed E-state index contributed by atoms with van der Waals surface area (Å²) in [5, 5.41) is 0.666. The molecule has 0 aliphatic carbocycles. The molecule has 0 radical (unpaired) electrons. The lowest BCUT2D eigenvalue weighted by atomic mass is 10.1. The van der Waals surface area contributed by atoms with Gasteiger partial charge in [-0.25, -0.2) is 0 Å². The van der Waals surface area contributed by atoms with Gasteiger partial charge in [0.05, 0.1) is 0 Å². The van der Waals surface area contributed by atoms with E-state index in [1.165, 1.54) is 25.0 Å². The van der Waals surface area contributed by atoms with Crippen molar-refractivity contribution in [1.29, 1.82) is 0 Å². The zero-order valence-corrected chi connectivity index (χ0v) is 8.91. The monoisotopic (exact) mass is 184 g/mol. The Kier molecular flexibility index (Phi) is 8.80. The Bertz CT molecular complexity index is 118. The minimum absolute atomic E-state index is 0.666. The van der Waals surface area contributed by atoms with Gasteiger partial charge in [0.25, 0.3) is 0 Å². The molecule has 0 bridgehead atoms. The molecule has 0 aromatic carbocycles. The van der Waals surface area contributed by atoms with E-state index in [4.69, 9.17) is 0 Å². The van der Waals surface area contributed by atoms with Crippen LogP contribution in [0.5, 0.6) is 0 Å². The third kappa shape index (κ3) is 6.53. The summed E-state index contributed by atoms with van der Waals surface area (Å²) >= 11 is 1.99. The van der Waals surface area contributed by atoms with Crippen molar-refractivity contribution in [2.24, 2.45) is 0 Å². The first kappa shape index (κ1) is 11.8. The Morgan fingerprint density at radius 3 is 2.58 bits per heavy atom. The number of allylic oxidation sites excluding steroid dienone is 1. The predicted octanol–water partition coefficient (Wildman–Crippen LogP) is 4.04. The van der Waals surface area contributed by atoms with E-state index in [-0.39, 0.29) is 0 Å². The van der Waals surface area contributed by atoms with Crippen molar-refractivity contribution < 1.29 is 0 Å². The molecule has 0 aromatic rings. The predicted molar refractivity (Wildman–Crippen MR) is 60.8 cm³/mol. The Labute approximate surface area is 81.1 Å². The molecule has 0 spiro atoms. The van der Waals surface area contributed by atoms with Crippen LogP contribution < -0.4 is 0 Å². The van der Waals surface area contributed by atoms with Crippen molar-refractivity contribution in [2.45, 2.75) is 37.9 Å². The first-order chi connectivity index (χ1) is 5.85. The zero-order chi connectivity index (χ0) is 9.23. The van der Waals surface area contributed by atoms with Crippen LogP contribution in [-0.2, 0) is 0 Å². The van der Waals surface area contributed by atoms with Crippen molar-refractivity contribution in [3.8, 4) is 0 Å². The number of thioether (sulfide) groups is 1. The van der Waals surface area contributed by atoms with Crippen LogP contribution in [0.1, 0.15) is 32.6 Å². The highest BCUT2D eigenvalue weighted by Gasteiger charge is 2.01. The van der Waals surface area contributed by atoms with Crippen molar-refractivity contribution in [2.75, 3.05) is 5.75 Å². The van der Waals surface area contributed by atoms with Crippen LogP contribution in [-0.4, -0.2) is 11.0 Å². The highest BCUT2D eigenvalue weighted by atomic mass is 32.2. The minimum Gasteiger partial charge on any atom is -0.155 e. The van der Waals surface area contributed by atoms with E-state index in [1.54, 1.807) is 0 Å². The molecule has 0 saturated heterocycles. The SMILES string of the molecule is C=CCCCCC(C=C)SCC. The molecule has 0 nitrogen and oxygen atoms in total. The van der Waals surface area contributed by atoms with Gasteiger partial charge in [-0.15, -0.1) is 13.2 Å². The Morgan fingerprint density at radius 1 is 1.33 bits per heavy atom. The summed E-state index contributed by atoms with van der Waals surface area (Å²) in [5.41, 5.74) is 0. The fourth-order valence-electron chi connectivity index (χ4n) is 1.12. The molecule has 1 atom stereocenters. The molecule has 1 unspecified atom stereocenters. The molecule has 0 rings (SSSR count). The van der Waals surface area contributed by atoms with Gasteiger partial charge in [0.2, 0.25) is 0 Å². The lowest BCUT2D eigenvalue weighted by molar-refractivity contribution is 0.704. The average Bonchev–Trinajstić information content (AvgIpc) is 2.10. The Hall–Kier alpha value is -0.170. The molecule has 0 fully saturated rings. The first-order valence-corrected chi connectivity index (χ1v) is 5.75. The second-order valence-electron chi connectivity index (χ2n) is 2.80. The van der Waals surface area contributed by atoms with Gasteiger partial charge in [0.1, 0.15) is 0 Å². The lowest BCUT2D eigenvalue weighted by Crippen LogP contribution is -1.97. The third-order valence-electron chi connectivity index (χ3n) is 1.79. The maximum absolute atomic E-state index is 3.84.